The van der Waals surface area contributed by atoms with Gasteiger partial charge in [-0.25, -0.2) is 0 Å². The molecule has 4 heteroatoms. The summed E-state index contributed by atoms with van der Waals surface area (Å²) in [5.41, 5.74) is 0.573. The van der Waals surface area contributed by atoms with Crippen LogP contribution in [-0.4, -0.2) is 4.98 Å². The van der Waals surface area contributed by atoms with Crippen LogP contribution in [0.1, 0.15) is 5.56 Å². The average Bonchev–Trinajstić information content (AvgIpc) is 1.95. The summed E-state index contributed by atoms with van der Waals surface area (Å²) in [4.78, 5) is 13.3. The maximum Gasteiger partial charge on any atom is 0.267 e. The van der Waals surface area contributed by atoms with E-state index < -0.39 is 0 Å². The molecule has 0 aliphatic rings. The van der Waals surface area contributed by atoms with Gasteiger partial charge in [0.05, 0.1) is 0 Å². The minimum Gasteiger partial charge on any atom is -0.328 e. The number of hydrogen-bond donors (Lipinski definition) is 1. The molecule has 0 unspecified atom stereocenters. The van der Waals surface area contributed by atoms with Gasteiger partial charge in [0, 0.05) is 11.5 Å². The molecule has 10 heavy (non-hydrogen) atoms. The lowest BCUT2D eigenvalue weighted by Crippen LogP contribution is -2.06. The van der Waals surface area contributed by atoms with Crippen LogP contribution in [0.3, 0.4) is 0 Å². The van der Waals surface area contributed by atoms with E-state index in [4.69, 9.17) is 11.6 Å². The van der Waals surface area contributed by atoms with Crippen LogP contribution < -0.4 is 5.56 Å². The Kier molecular flexibility index (Phi) is 2.51. The fraction of sp³-hybridized carbons (Fsp3) is 0.167. The first kappa shape index (κ1) is 7.82. The molecule has 0 saturated carbocycles. The molecule has 1 rings (SSSR count). The van der Waals surface area contributed by atoms with Gasteiger partial charge in [0.15, 0.2) is 0 Å². The Labute approximate surface area is 71.3 Å². The number of aromatic amines is 1. The molecule has 1 N–H and O–H groups in total. The topological polar surface area (TPSA) is 32.9 Å². The second-order valence-electron chi connectivity index (χ2n) is 1.78. The highest BCUT2D eigenvalue weighted by atomic mass is 79.9. The first-order valence-electron chi connectivity index (χ1n) is 2.67. The van der Waals surface area contributed by atoms with Crippen molar-refractivity contribution >= 4 is 27.5 Å². The zero-order valence-electron chi connectivity index (χ0n) is 5.03. The number of aromatic nitrogens is 1. The Morgan fingerprint density at radius 3 is 2.90 bits per heavy atom. The van der Waals surface area contributed by atoms with E-state index in [-0.39, 0.29) is 10.6 Å². The van der Waals surface area contributed by atoms with Crippen LogP contribution in [0.4, 0.5) is 0 Å². The molecule has 1 aromatic rings. The molecule has 0 spiro atoms. The minimum absolute atomic E-state index is 0.237. The number of nitrogens with one attached hydrogen (secondary N) is 1. The molecule has 0 saturated heterocycles. The standard InChI is InChI=1S/C6H5BrClNO/c7-3-4-1-2-9-6(10)5(4)8/h1-2H,3H2,(H,9,10). The zero-order chi connectivity index (χ0) is 7.56. The summed E-state index contributed by atoms with van der Waals surface area (Å²) in [6.07, 6.45) is 1.57. The molecule has 0 amide bonds. The third kappa shape index (κ3) is 1.41. The third-order valence-corrected chi connectivity index (χ3v) is 2.14. The summed E-state index contributed by atoms with van der Waals surface area (Å²) in [6, 6.07) is 1.76. The quantitative estimate of drug-likeness (QED) is 0.724. The van der Waals surface area contributed by atoms with Gasteiger partial charge in [-0.2, -0.15) is 0 Å². The average molecular weight is 222 g/mol. The minimum atomic E-state index is -0.237. The molecule has 0 aliphatic carbocycles. The van der Waals surface area contributed by atoms with E-state index in [1.807, 2.05) is 0 Å². The van der Waals surface area contributed by atoms with Crippen molar-refractivity contribution in [2.45, 2.75) is 5.33 Å². The molecule has 0 aromatic carbocycles. The van der Waals surface area contributed by atoms with Crippen molar-refractivity contribution in [2.75, 3.05) is 0 Å². The number of H-pyrrole nitrogens is 1. The highest BCUT2D eigenvalue weighted by Gasteiger charge is 2.00. The molecule has 0 atom stereocenters. The molecule has 0 fully saturated rings. The maximum atomic E-state index is 10.8. The lowest BCUT2D eigenvalue weighted by Gasteiger charge is -1.94. The van der Waals surface area contributed by atoms with Crippen LogP contribution in [0.25, 0.3) is 0 Å². The van der Waals surface area contributed by atoms with Gasteiger partial charge in [-0.3, -0.25) is 4.79 Å². The molecule has 1 aromatic heterocycles. The predicted molar refractivity (Wildman–Crippen MR) is 44.7 cm³/mol. The van der Waals surface area contributed by atoms with E-state index >= 15 is 0 Å². The van der Waals surface area contributed by atoms with Crippen molar-refractivity contribution in [3.05, 3.63) is 33.2 Å². The number of halogens is 2. The van der Waals surface area contributed by atoms with Crippen LogP contribution in [0.15, 0.2) is 17.1 Å². The van der Waals surface area contributed by atoms with Gasteiger partial charge in [-0.1, -0.05) is 27.5 Å². The molecular weight excluding hydrogens is 217 g/mol. The Bertz CT molecular complexity index is 283. The van der Waals surface area contributed by atoms with E-state index in [0.29, 0.717) is 5.33 Å². The lowest BCUT2D eigenvalue weighted by molar-refractivity contribution is 1.20. The molecular formula is C6H5BrClNO. The first-order valence-corrected chi connectivity index (χ1v) is 4.17. The van der Waals surface area contributed by atoms with Gasteiger partial charge in [0.2, 0.25) is 0 Å². The SMILES string of the molecule is O=c1[nH]ccc(CBr)c1Cl. The fourth-order valence-electron chi connectivity index (χ4n) is 0.604. The molecule has 2 nitrogen and oxygen atoms in total. The van der Waals surface area contributed by atoms with Crippen LogP contribution in [-0.2, 0) is 5.33 Å². The Morgan fingerprint density at radius 2 is 2.40 bits per heavy atom. The number of rotatable bonds is 1. The smallest absolute Gasteiger partial charge is 0.267 e. The van der Waals surface area contributed by atoms with Crippen molar-refractivity contribution in [2.24, 2.45) is 0 Å². The summed E-state index contributed by atoms with van der Waals surface area (Å²) in [5, 5.41) is 0.870. The van der Waals surface area contributed by atoms with Crippen molar-refractivity contribution in [3.63, 3.8) is 0 Å². The van der Waals surface area contributed by atoms with Gasteiger partial charge >= 0.3 is 0 Å². The largest absolute Gasteiger partial charge is 0.328 e. The highest BCUT2D eigenvalue weighted by molar-refractivity contribution is 9.08. The van der Waals surface area contributed by atoms with Crippen molar-refractivity contribution < 1.29 is 0 Å². The predicted octanol–water partition coefficient (Wildman–Crippen LogP) is 1.92. The van der Waals surface area contributed by atoms with Gasteiger partial charge < -0.3 is 4.98 Å². The number of alkyl halides is 1. The van der Waals surface area contributed by atoms with E-state index in [0.717, 1.165) is 5.56 Å². The lowest BCUT2D eigenvalue weighted by atomic mass is 10.3. The Balaban J connectivity index is 3.28. The Morgan fingerprint density at radius 1 is 1.70 bits per heavy atom. The summed E-state index contributed by atoms with van der Waals surface area (Å²) < 4.78 is 0. The van der Waals surface area contributed by atoms with E-state index in [9.17, 15) is 4.79 Å². The summed E-state index contributed by atoms with van der Waals surface area (Å²) in [7, 11) is 0. The number of hydrogen-bond acceptors (Lipinski definition) is 1. The summed E-state index contributed by atoms with van der Waals surface area (Å²) in [5.74, 6) is 0. The summed E-state index contributed by atoms with van der Waals surface area (Å²) in [6.45, 7) is 0. The molecule has 1 heterocycles. The normalized spacial score (nSPS) is 9.80. The van der Waals surface area contributed by atoms with Gasteiger partial charge in [-0.05, 0) is 11.6 Å². The van der Waals surface area contributed by atoms with Crippen molar-refractivity contribution in [3.8, 4) is 0 Å². The first-order chi connectivity index (χ1) is 4.75. The third-order valence-electron chi connectivity index (χ3n) is 1.12. The zero-order valence-corrected chi connectivity index (χ0v) is 7.37. The second-order valence-corrected chi connectivity index (χ2v) is 2.72. The molecule has 0 aliphatic heterocycles. The van der Waals surface area contributed by atoms with Crippen LogP contribution in [0, 0.1) is 0 Å². The second kappa shape index (κ2) is 3.21. The van der Waals surface area contributed by atoms with E-state index in [2.05, 4.69) is 20.9 Å². The van der Waals surface area contributed by atoms with E-state index in [1.54, 1.807) is 12.3 Å². The number of pyridine rings is 1. The monoisotopic (exact) mass is 221 g/mol. The van der Waals surface area contributed by atoms with Crippen LogP contribution in [0.2, 0.25) is 5.02 Å². The molecule has 0 bridgehead atoms. The van der Waals surface area contributed by atoms with Crippen molar-refractivity contribution in [1.82, 2.24) is 4.98 Å². The highest BCUT2D eigenvalue weighted by Crippen LogP contribution is 2.11. The van der Waals surface area contributed by atoms with E-state index in [1.165, 1.54) is 0 Å². The molecule has 0 radical (unpaired) electrons. The molecule has 54 valence electrons. The maximum absolute atomic E-state index is 10.8. The van der Waals surface area contributed by atoms with Gasteiger partial charge in [0.1, 0.15) is 5.02 Å². The Hall–Kier alpha value is -0.280. The van der Waals surface area contributed by atoms with Crippen molar-refractivity contribution in [1.29, 1.82) is 0 Å². The fourth-order valence-corrected chi connectivity index (χ4v) is 1.42. The van der Waals surface area contributed by atoms with Gasteiger partial charge in [0.25, 0.3) is 5.56 Å². The van der Waals surface area contributed by atoms with Crippen LogP contribution >= 0.6 is 27.5 Å². The van der Waals surface area contributed by atoms with Crippen LogP contribution in [0.5, 0.6) is 0 Å². The summed E-state index contributed by atoms with van der Waals surface area (Å²) >= 11 is 8.82. The van der Waals surface area contributed by atoms with Gasteiger partial charge in [-0.15, -0.1) is 0 Å².